The van der Waals surface area contributed by atoms with Crippen LogP contribution in [0.2, 0.25) is 0 Å². The number of nitrogens with two attached hydrogens (primary N) is 1. The zero-order valence-corrected chi connectivity index (χ0v) is 17.4. The Hall–Kier alpha value is -4.12. The normalized spacial score (nSPS) is 27.6. The predicted molar refractivity (Wildman–Crippen MR) is 115 cm³/mol. The Bertz CT molecular complexity index is 1280. The minimum Gasteiger partial charge on any atom is -0.370 e. The van der Waals surface area contributed by atoms with Gasteiger partial charge in [0, 0.05) is 35.8 Å². The number of nitro groups is 1. The van der Waals surface area contributed by atoms with Crippen LogP contribution in [0.4, 0.5) is 17.1 Å². The van der Waals surface area contributed by atoms with Crippen LogP contribution in [-0.4, -0.2) is 34.6 Å². The second-order valence-corrected chi connectivity index (χ2v) is 8.47. The summed E-state index contributed by atoms with van der Waals surface area (Å²) < 4.78 is 0. The van der Waals surface area contributed by atoms with Crippen molar-refractivity contribution in [1.82, 2.24) is 5.32 Å². The molecule has 5 rings (SSSR count). The van der Waals surface area contributed by atoms with Crippen LogP contribution in [0.15, 0.2) is 42.5 Å². The summed E-state index contributed by atoms with van der Waals surface area (Å²) in [6, 6.07) is 9.83. The number of carbonyl (C=O) groups is 4. The zero-order chi connectivity index (χ0) is 23.7. The number of rotatable bonds is 4. The van der Waals surface area contributed by atoms with E-state index in [1.807, 2.05) is 0 Å². The lowest BCUT2D eigenvalue weighted by Gasteiger charge is -2.29. The number of primary amides is 1. The quantitative estimate of drug-likeness (QED) is 0.351. The van der Waals surface area contributed by atoms with Gasteiger partial charge in [-0.1, -0.05) is 18.2 Å². The molecular weight excluding hydrogens is 430 g/mol. The Balaban J connectivity index is 1.66. The number of hydrogen-bond donors (Lipinski definition) is 3. The van der Waals surface area contributed by atoms with Gasteiger partial charge in [-0.3, -0.25) is 34.6 Å². The van der Waals surface area contributed by atoms with Gasteiger partial charge >= 0.3 is 0 Å². The largest absolute Gasteiger partial charge is 0.370 e. The van der Waals surface area contributed by atoms with Crippen LogP contribution in [0.1, 0.15) is 17.5 Å². The Morgan fingerprint density at radius 2 is 1.91 bits per heavy atom. The minimum absolute atomic E-state index is 0.177. The van der Waals surface area contributed by atoms with Crippen molar-refractivity contribution in [2.75, 3.05) is 10.2 Å². The number of nitrogens with one attached hydrogen (secondary N) is 2. The predicted octanol–water partition coefficient (Wildman–Crippen LogP) is 0.704. The second kappa shape index (κ2) is 6.94. The molecule has 4 N–H and O–H groups in total. The maximum Gasteiger partial charge on any atom is 0.269 e. The molecule has 0 bridgehead atoms. The number of nitro benzene ring substituents is 1. The molecular formula is C22H19N5O6. The smallest absolute Gasteiger partial charge is 0.269 e. The Kier molecular flexibility index (Phi) is 4.37. The van der Waals surface area contributed by atoms with Crippen molar-refractivity contribution < 1.29 is 24.1 Å². The molecule has 2 aromatic rings. The molecule has 1 spiro atoms. The van der Waals surface area contributed by atoms with Crippen LogP contribution >= 0.6 is 0 Å². The van der Waals surface area contributed by atoms with Gasteiger partial charge in [0.15, 0.2) is 0 Å². The van der Waals surface area contributed by atoms with Gasteiger partial charge in [-0.05, 0) is 24.6 Å². The lowest BCUT2D eigenvalue weighted by atomic mass is 9.76. The fourth-order valence-electron chi connectivity index (χ4n) is 5.39. The first-order valence-corrected chi connectivity index (χ1v) is 10.3. The van der Waals surface area contributed by atoms with E-state index < -0.39 is 52.0 Å². The van der Waals surface area contributed by atoms with E-state index in [4.69, 9.17) is 5.73 Å². The van der Waals surface area contributed by atoms with Gasteiger partial charge < -0.3 is 11.1 Å². The molecule has 3 aliphatic rings. The molecule has 0 saturated carbocycles. The molecule has 4 atom stereocenters. The van der Waals surface area contributed by atoms with Crippen molar-refractivity contribution in [1.29, 1.82) is 0 Å². The van der Waals surface area contributed by atoms with E-state index in [9.17, 15) is 29.3 Å². The van der Waals surface area contributed by atoms with E-state index in [2.05, 4.69) is 10.6 Å². The van der Waals surface area contributed by atoms with Crippen molar-refractivity contribution in [3.63, 3.8) is 0 Å². The number of para-hydroxylation sites is 1. The zero-order valence-electron chi connectivity index (χ0n) is 17.4. The summed E-state index contributed by atoms with van der Waals surface area (Å²) in [4.78, 5) is 63.9. The highest BCUT2D eigenvalue weighted by Gasteiger charge is 2.70. The van der Waals surface area contributed by atoms with Crippen LogP contribution in [-0.2, 0) is 24.7 Å². The highest BCUT2D eigenvalue weighted by atomic mass is 16.6. The van der Waals surface area contributed by atoms with Crippen LogP contribution in [0.5, 0.6) is 0 Å². The maximum atomic E-state index is 13.8. The van der Waals surface area contributed by atoms with Crippen LogP contribution in [0.3, 0.4) is 0 Å². The Morgan fingerprint density at radius 3 is 2.58 bits per heavy atom. The first-order chi connectivity index (χ1) is 15.7. The van der Waals surface area contributed by atoms with Gasteiger partial charge in [-0.25, -0.2) is 4.90 Å². The second-order valence-electron chi connectivity index (χ2n) is 8.47. The number of non-ortho nitro benzene ring substituents is 1. The topological polar surface area (TPSA) is 165 Å². The fourth-order valence-corrected chi connectivity index (χ4v) is 5.39. The number of imide groups is 1. The molecule has 2 fully saturated rings. The molecule has 3 aliphatic heterocycles. The molecule has 2 saturated heterocycles. The number of nitrogens with zero attached hydrogens (tertiary/aromatic N) is 2. The number of aryl methyl sites for hydroxylation is 1. The molecule has 2 aromatic carbocycles. The minimum atomic E-state index is -1.54. The molecule has 33 heavy (non-hydrogen) atoms. The molecule has 11 heteroatoms. The third-order valence-corrected chi connectivity index (χ3v) is 6.68. The SMILES string of the molecule is Cc1cc([N+](=O)[O-])ccc1N1C(=O)C2C(CC(N)=O)NC3(C(=O)Nc4ccccc43)C2C1=O. The van der Waals surface area contributed by atoms with Gasteiger partial charge in [-0.2, -0.15) is 0 Å². The number of benzene rings is 2. The summed E-state index contributed by atoms with van der Waals surface area (Å²) in [6.07, 6.45) is -0.246. The number of anilines is 2. The molecule has 168 valence electrons. The summed E-state index contributed by atoms with van der Waals surface area (Å²) >= 11 is 0. The van der Waals surface area contributed by atoms with Crippen molar-refractivity contribution in [2.45, 2.75) is 24.9 Å². The maximum absolute atomic E-state index is 13.8. The number of carbonyl (C=O) groups excluding carboxylic acids is 4. The van der Waals surface area contributed by atoms with E-state index in [-0.39, 0.29) is 17.8 Å². The molecule has 0 aliphatic carbocycles. The first-order valence-electron chi connectivity index (χ1n) is 10.3. The first kappa shape index (κ1) is 20.8. The van der Waals surface area contributed by atoms with Crippen LogP contribution < -0.4 is 21.3 Å². The van der Waals surface area contributed by atoms with Crippen LogP contribution in [0, 0.1) is 28.9 Å². The molecule has 4 amide bonds. The Morgan fingerprint density at radius 1 is 1.18 bits per heavy atom. The third-order valence-electron chi connectivity index (χ3n) is 6.68. The summed E-state index contributed by atoms with van der Waals surface area (Å²) in [5, 5.41) is 17.0. The summed E-state index contributed by atoms with van der Waals surface area (Å²) in [5.41, 5.74) is 5.28. The average Bonchev–Trinajstić information content (AvgIpc) is 3.33. The standard InChI is InChI=1S/C22H19N5O6/c1-10-8-11(27(32)33)6-7-15(10)26-19(29)17-14(9-16(23)28)25-22(18(17)20(26)30)12-4-2-3-5-13(12)24-21(22)31/h2-8,14,17-18,25H,9H2,1H3,(H2,23,28)(H,24,31). The van der Waals surface area contributed by atoms with E-state index in [1.54, 1.807) is 31.2 Å². The van der Waals surface area contributed by atoms with E-state index in [0.717, 1.165) is 4.90 Å². The fraction of sp³-hybridized carbons (Fsp3) is 0.273. The average molecular weight is 449 g/mol. The lowest BCUT2D eigenvalue weighted by Crippen LogP contribution is -2.53. The van der Waals surface area contributed by atoms with Gasteiger partial charge in [0.05, 0.1) is 22.4 Å². The van der Waals surface area contributed by atoms with Gasteiger partial charge in [0.1, 0.15) is 5.54 Å². The molecule has 0 radical (unpaired) electrons. The molecule has 0 aromatic heterocycles. The van der Waals surface area contributed by atoms with E-state index >= 15 is 0 Å². The summed E-state index contributed by atoms with van der Waals surface area (Å²) in [6.45, 7) is 1.56. The van der Waals surface area contributed by atoms with Gasteiger partial charge in [0.25, 0.3) is 5.69 Å². The van der Waals surface area contributed by atoms with Crippen molar-refractivity contribution in [2.24, 2.45) is 17.6 Å². The Labute approximate surface area is 187 Å². The van der Waals surface area contributed by atoms with Gasteiger partial charge in [-0.15, -0.1) is 0 Å². The third kappa shape index (κ3) is 2.72. The highest BCUT2D eigenvalue weighted by Crippen LogP contribution is 2.54. The molecule has 11 nitrogen and oxygen atoms in total. The lowest BCUT2D eigenvalue weighted by molar-refractivity contribution is -0.384. The summed E-state index contributed by atoms with van der Waals surface area (Å²) in [5.74, 6) is -4.51. The van der Waals surface area contributed by atoms with Crippen molar-refractivity contribution >= 4 is 40.7 Å². The number of fused-ring (bicyclic) bond motifs is 4. The number of hydrogen-bond acceptors (Lipinski definition) is 7. The number of amides is 4. The molecule has 3 heterocycles. The van der Waals surface area contributed by atoms with E-state index in [1.165, 1.54) is 18.2 Å². The van der Waals surface area contributed by atoms with Gasteiger partial charge in [0.2, 0.25) is 23.6 Å². The van der Waals surface area contributed by atoms with Crippen molar-refractivity contribution in [3.8, 4) is 0 Å². The van der Waals surface area contributed by atoms with Crippen molar-refractivity contribution in [3.05, 3.63) is 63.7 Å². The highest BCUT2D eigenvalue weighted by molar-refractivity contribution is 6.26. The summed E-state index contributed by atoms with van der Waals surface area (Å²) in [7, 11) is 0. The van der Waals surface area contributed by atoms with E-state index in [0.29, 0.717) is 16.8 Å². The monoisotopic (exact) mass is 449 g/mol. The molecule has 4 unspecified atom stereocenters. The van der Waals surface area contributed by atoms with Crippen LogP contribution in [0.25, 0.3) is 0 Å².